The fourth-order valence-electron chi connectivity index (χ4n) is 2.25. The Morgan fingerprint density at radius 1 is 0.667 bits per heavy atom. The van der Waals surface area contributed by atoms with Crippen molar-refractivity contribution in [1.82, 2.24) is 0 Å². The molecule has 0 aliphatic carbocycles. The molecule has 3 rings (SSSR count). The molecule has 3 nitrogen and oxygen atoms in total. The molecule has 2 N–H and O–H groups in total. The van der Waals surface area contributed by atoms with Crippen LogP contribution in [0.2, 0.25) is 0 Å². The highest BCUT2D eigenvalue weighted by molar-refractivity contribution is 6.02. The third kappa shape index (κ3) is 4.58. The minimum absolute atomic E-state index is 0.150. The zero-order valence-corrected chi connectivity index (χ0v) is 13.1. The molecule has 0 aliphatic heterocycles. The molecule has 1 amide bonds. The van der Waals surface area contributed by atoms with E-state index in [1.807, 2.05) is 84.9 Å². The van der Waals surface area contributed by atoms with E-state index >= 15 is 0 Å². The van der Waals surface area contributed by atoms with Crippen molar-refractivity contribution < 1.29 is 4.79 Å². The van der Waals surface area contributed by atoms with Crippen LogP contribution in [-0.2, 0) is 4.79 Å². The second-order valence-corrected chi connectivity index (χ2v) is 5.30. The summed E-state index contributed by atoms with van der Waals surface area (Å²) < 4.78 is 0. The minimum Gasteiger partial charge on any atom is -0.356 e. The van der Waals surface area contributed by atoms with Gasteiger partial charge in [-0.25, -0.2) is 0 Å². The van der Waals surface area contributed by atoms with E-state index in [1.54, 1.807) is 6.08 Å². The number of carbonyl (C=O) groups excluding carboxylic acids is 1. The molecule has 3 heteroatoms. The van der Waals surface area contributed by atoms with Crippen LogP contribution in [0.5, 0.6) is 0 Å². The summed E-state index contributed by atoms with van der Waals surface area (Å²) >= 11 is 0. The smallest absolute Gasteiger partial charge is 0.248 e. The van der Waals surface area contributed by atoms with Gasteiger partial charge in [0.05, 0.1) is 0 Å². The van der Waals surface area contributed by atoms with Gasteiger partial charge in [0.15, 0.2) is 0 Å². The van der Waals surface area contributed by atoms with Gasteiger partial charge in [-0.05, 0) is 48.0 Å². The van der Waals surface area contributed by atoms with Gasteiger partial charge in [0, 0.05) is 23.1 Å². The molecule has 0 saturated carbocycles. The minimum atomic E-state index is -0.150. The number of hydrogen-bond donors (Lipinski definition) is 2. The van der Waals surface area contributed by atoms with E-state index in [1.165, 1.54) is 6.08 Å². The van der Waals surface area contributed by atoms with Crippen LogP contribution in [0.4, 0.5) is 17.1 Å². The Balaban J connectivity index is 1.58. The van der Waals surface area contributed by atoms with Gasteiger partial charge in [-0.1, -0.05) is 48.5 Å². The second-order valence-electron chi connectivity index (χ2n) is 5.30. The van der Waals surface area contributed by atoms with E-state index in [0.29, 0.717) is 0 Å². The molecule has 0 unspecified atom stereocenters. The summed E-state index contributed by atoms with van der Waals surface area (Å²) in [6, 6.07) is 27.3. The Bertz CT molecular complexity index is 809. The van der Waals surface area contributed by atoms with E-state index in [9.17, 15) is 4.79 Å². The van der Waals surface area contributed by atoms with Gasteiger partial charge in [-0.3, -0.25) is 4.79 Å². The van der Waals surface area contributed by atoms with Crippen molar-refractivity contribution in [3.05, 3.63) is 96.6 Å². The third-order valence-electron chi connectivity index (χ3n) is 3.44. The summed E-state index contributed by atoms with van der Waals surface area (Å²) in [5, 5.41) is 6.15. The monoisotopic (exact) mass is 314 g/mol. The Kier molecular flexibility index (Phi) is 5.05. The molecule has 0 radical (unpaired) electrons. The van der Waals surface area contributed by atoms with Crippen molar-refractivity contribution in [2.75, 3.05) is 10.6 Å². The topological polar surface area (TPSA) is 41.1 Å². The summed E-state index contributed by atoms with van der Waals surface area (Å²) in [5.41, 5.74) is 3.76. The molecular weight excluding hydrogens is 296 g/mol. The van der Waals surface area contributed by atoms with Crippen LogP contribution >= 0.6 is 0 Å². The molecule has 0 aliphatic rings. The number of benzene rings is 3. The number of hydrogen-bond acceptors (Lipinski definition) is 2. The zero-order valence-electron chi connectivity index (χ0n) is 13.1. The first-order chi connectivity index (χ1) is 11.8. The van der Waals surface area contributed by atoms with Gasteiger partial charge in [0.2, 0.25) is 5.91 Å². The first-order valence-electron chi connectivity index (χ1n) is 7.76. The number of para-hydroxylation sites is 1. The molecule has 3 aromatic rings. The highest BCUT2D eigenvalue weighted by Gasteiger charge is 1.99. The van der Waals surface area contributed by atoms with Crippen LogP contribution in [0.3, 0.4) is 0 Å². The van der Waals surface area contributed by atoms with E-state index in [2.05, 4.69) is 10.6 Å². The zero-order chi connectivity index (χ0) is 16.6. The number of nitrogens with one attached hydrogen (secondary N) is 2. The predicted molar refractivity (Wildman–Crippen MR) is 100 cm³/mol. The quantitative estimate of drug-likeness (QED) is 0.645. The number of rotatable bonds is 5. The van der Waals surface area contributed by atoms with Gasteiger partial charge in [0.1, 0.15) is 0 Å². The van der Waals surface area contributed by atoms with Crippen LogP contribution in [0.25, 0.3) is 6.08 Å². The molecule has 0 fully saturated rings. The number of anilines is 3. The maximum Gasteiger partial charge on any atom is 0.248 e. The Hall–Kier alpha value is -3.33. The van der Waals surface area contributed by atoms with Crippen LogP contribution in [0.1, 0.15) is 5.56 Å². The van der Waals surface area contributed by atoms with Gasteiger partial charge in [-0.2, -0.15) is 0 Å². The first kappa shape index (κ1) is 15.6. The average molecular weight is 314 g/mol. The lowest BCUT2D eigenvalue weighted by atomic mass is 10.2. The van der Waals surface area contributed by atoms with Gasteiger partial charge >= 0.3 is 0 Å². The predicted octanol–water partition coefficient (Wildman–Crippen LogP) is 5.08. The highest BCUT2D eigenvalue weighted by Crippen LogP contribution is 2.18. The second kappa shape index (κ2) is 7.79. The van der Waals surface area contributed by atoms with Crippen molar-refractivity contribution in [2.24, 2.45) is 0 Å². The van der Waals surface area contributed by atoms with E-state index in [4.69, 9.17) is 0 Å². The van der Waals surface area contributed by atoms with Crippen molar-refractivity contribution in [3.63, 3.8) is 0 Å². The Morgan fingerprint density at radius 2 is 1.21 bits per heavy atom. The van der Waals surface area contributed by atoms with Gasteiger partial charge in [-0.15, -0.1) is 0 Å². The fourth-order valence-corrected chi connectivity index (χ4v) is 2.25. The maximum absolute atomic E-state index is 11.9. The summed E-state index contributed by atoms with van der Waals surface area (Å²) in [7, 11) is 0. The summed E-state index contributed by atoms with van der Waals surface area (Å²) in [5.74, 6) is -0.150. The summed E-state index contributed by atoms with van der Waals surface area (Å²) in [6.45, 7) is 0. The van der Waals surface area contributed by atoms with Crippen molar-refractivity contribution in [3.8, 4) is 0 Å². The Morgan fingerprint density at radius 3 is 1.88 bits per heavy atom. The molecule has 0 atom stereocenters. The molecule has 118 valence electrons. The number of carbonyl (C=O) groups is 1. The molecule has 0 aromatic heterocycles. The van der Waals surface area contributed by atoms with E-state index in [0.717, 1.165) is 22.6 Å². The summed E-state index contributed by atoms with van der Waals surface area (Å²) in [4.78, 5) is 11.9. The third-order valence-corrected chi connectivity index (χ3v) is 3.44. The van der Waals surface area contributed by atoms with Gasteiger partial charge < -0.3 is 10.6 Å². The van der Waals surface area contributed by atoms with Gasteiger partial charge in [0.25, 0.3) is 0 Å². The van der Waals surface area contributed by atoms with Crippen LogP contribution in [0, 0.1) is 0 Å². The average Bonchev–Trinajstić information content (AvgIpc) is 2.63. The van der Waals surface area contributed by atoms with Crippen LogP contribution in [0.15, 0.2) is 91.0 Å². The standard InChI is InChI=1S/C21H18N2O/c24-21(16-11-17-7-3-1-4-8-17)23-20-14-12-19(13-15-20)22-18-9-5-2-6-10-18/h1-16,22H,(H,23,24). The van der Waals surface area contributed by atoms with E-state index in [-0.39, 0.29) is 5.91 Å². The van der Waals surface area contributed by atoms with Crippen LogP contribution < -0.4 is 10.6 Å². The van der Waals surface area contributed by atoms with E-state index < -0.39 is 0 Å². The Labute approximate surface area is 141 Å². The molecule has 0 bridgehead atoms. The SMILES string of the molecule is O=C(C=Cc1ccccc1)Nc1ccc(Nc2ccccc2)cc1. The highest BCUT2D eigenvalue weighted by atomic mass is 16.1. The largest absolute Gasteiger partial charge is 0.356 e. The molecular formula is C21H18N2O. The molecule has 0 heterocycles. The van der Waals surface area contributed by atoms with Crippen molar-refractivity contribution in [1.29, 1.82) is 0 Å². The number of amides is 1. The lowest BCUT2D eigenvalue weighted by Crippen LogP contribution is -2.07. The lowest BCUT2D eigenvalue weighted by molar-refractivity contribution is -0.111. The summed E-state index contributed by atoms with van der Waals surface area (Å²) in [6.07, 6.45) is 3.33. The van der Waals surface area contributed by atoms with Crippen molar-refractivity contribution >= 4 is 29.0 Å². The fraction of sp³-hybridized carbons (Fsp3) is 0. The lowest BCUT2D eigenvalue weighted by Gasteiger charge is -2.07. The molecule has 24 heavy (non-hydrogen) atoms. The maximum atomic E-state index is 11.9. The molecule has 0 spiro atoms. The first-order valence-corrected chi connectivity index (χ1v) is 7.76. The molecule has 0 saturated heterocycles. The van der Waals surface area contributed by atoms with Crippen molar-refractivity contribution in [2.45, 2.75) is 0 Å². The molecule has 3 aromatic carbocycles. The normalized spacial score (nSPS) is 10.5. The van der Waals surface area contributed by atoms with Crippen LogP contribution in [-0.4, -0.2) is 5.91 Å².